The number of benzene rings is 1. The van der Waals surface area contributed by atoms with E-state index >= 15 is 0 Å². The lowest BCUT2D eigenvalue weighted by molar-refractivity contribution is -0.143. The number of fused-ring (bicyclic) bond motifs is 1. The second-order valence-corrected chi connectivity index (χ2v) is 8.41. The van der Waals surface area contributed by atoms with Crippen LogP contribution >= 0.6 is 0 Å². The standard InChI is InChI=1S/C23H25F3N2O5/c24-23(25,26)18-5-3-14(4-6-18)19-13-33-20-11-16(21(29)27-31)1-2-17(20)12-28(19)22(30)15-7-9-32-10-8-15/h1-3,5-6,11,14-15,19,31H,4,7-10,12-13H2,(H,27,29)/t14?,19-/m1/s1. The maximum absolute atomic E-state index is 13.5. The number of amides is 2. The molecule has 2 atom stereocenters. The van der Waals surface area contributed by atoms with Crippen LogP contribution in [0.2, 0.25) is 0 Å². The van der Waals surface area contributed by atoms with Crippen LogP contribution in [0.4, 0.5) is 13.2 Å². The Hall–Kier alpha value is -2.85. The van der Waals surface area contributed by atoms with E-state index in [1.807, 2.05) is 0 Å². The average Bonchev–Trinajstić information content (AvgIpc) is 3.02. The van der Waals surface area contributed by atoms with Gasteiger partial charge in [0.1, 0.15) is 12.4 Å². The van der Waals surface area contributed by atoms with Gasteiger partial charge in [0.25, 0.3) is 5.91 Å². The van der Waals surface area contributed by atoms with Crippen LogP contribution in [0.15, 0.2) is 42.0 Å². The van der Waals surface area contributed by atoms with Crippen LogP contribution in [-0.2, 0) is 16.1 Å². The molecule has 2 amide bonds. The van der Waals surface area contributed by atoms with Gasteiger partial charge in [-0.25, -0.2) is 5.48 Å². The van der Waals surface area contributed by atoms with Gasteiger partial charge in [0.05, 0.1) is 11.6 Å². The van der Waals surface area contributed by atoms with Crippen LogP contribution in [-0.4, -0.2) is 54.0 Å². The molecule has 2 heterocycles. The lowest BCUT2D eigenvalue weighted by atomic mass is 9.88. The van der Waals surface area contributed by atoms with E-state index in [0.29, 0.717) is 37.4 Å². The number of allylic oxidation sites excluding steroid dienone is 3. The molecule has 3 aliphatic rings. The largest absolute Gasteiger partial charge is 0.491 e. The molecule has 2 aliphatic heterocycles. The van der Waals surface area contributed by atoms with E-state index in [1.165, 1.54) is 18.2 Å². The van der Waals surface area contributed by atoms with Gasteiger partial charge >= 0.3 is 6.18 Å². The van der Waals surface area contributed by atoms with Crippen LogP contribution in [0.3, 0.4) is 0 Å². The molecule has 1 saturated heterocycles. The molecular formula is C23H25F3N2O5. The van der Waals surface area contributed by atoms with E-state index in [-0.39, 0.29) is 42.9 Å². The molecule has 4 rings (SSSR count). The maximum Gasteiger partial charge on any atom is 0.416 e. The summed E-state index contributed by atoms with van der Waals surface area (Å²) in [5, 5.41) is 8.90. The highest BCUT2D eigenvalue weighted by atomic mass is 19.4. The number of hydrogen-bond acceptors (Lipinski definition) is 5. The molecule has 0 bridgehead atoms. The van der Waals surface area contributed by atoms with E-state index in [0.717, 1.165) is 12.2 Å². The molecular weight excluding hydrogens is 441 g/mol. The molecule has 1 fully saturated rings. The first-order valence-electron chi connectivity index (χ1n) is 10.8. The number of nitrogens with one attached hydrogen (secondary N) is 1. The van der Waals surface area contributed by atoms with Crippen molar-refractivity contribution < 1.29 is 37.4 Å². The van der Waals surface area contributed by atoms with Crippen LogP contribution < -0.4 is 10.2 Å². The predicted octanol–water partition coefficient (Wildman–Crippen LogP) is 3.39. The molecule has 1 unspecified atom stereocenters. The minimum absolute atomic E-state index is 0.0658. The molecule has 1 aromatic carbocycles. The number of halogens is 3. The Kier molecular flexibility index (Phi) is 6.76. The summed E-state index contributed by atoms with van der Waals surface area (Å²) >= 11 is 0. The smallest absolute Gasteiger partial charge is 0.416 e. The summed E-state index contributed by atoms with van der Waals surface area (Å²) in [6, 6.07) is 4.18. The summed E-state index contributed by atoms with van der Waals surface area (Å²) in [5.74, 6) is -0.950. The zero-order chi connectivity index (χ0) is 23.6. The number of hydroxylamine groups is 1. The van der Waals surface area contributed by atoms with Crippen LogP contribution in [0.5, 0.6) is 5.75 Å². The van der Waals surface area contributed by atoms with Crippen molar-refractivity contribution in [1.29, 1.82) is 0 Å². The van der Waals surface area contributed by atoms with Crippen molar-refractivity contribution in [3.8, 4) is 5.75 Å². The zero-order valence-electron chi connectivity index (χ0n) is 17.8. The first-order chi connectivity index (χ1) is 15.8. The molecule has 2 N–H and O–H groups in total. The monoisotopic (exact) mass is 466 g/mol. The number of hydrogen-bond donors (Lipinski definition) is 2. The Morgan fingerprint density at radius 3 is 2.58 bits per heavy atom. The third-order valence-electron chi connectivity index (χ3n) is 6.39. The van der Waals surface area contributed by atoms with E-state index in [2.05, 4.69) is 0 Å². The van der Waals surface area contributed by atoms with Gasteiger partial charge in [-0.1, -0.05) is 24.3 Å². The van der Waals surface area contributed by atoms with E-state index in [9.17, 15) is 22.8 Å². The number of rotatable bonds is 3. The van der Waals surface area contributed by atoms with Crippen LogP contribution in [0.25, 0.3) is 0 Å². The van der Waals surface area contributed by atoms with Crippen molar-refractivity contribution in [3.63, 3.8) is 0 Å². The first-order valence-corrected chi connectivity index (χ1v) is 10.8. The third kappa shape index (κ3) is 5.06. The van der Waals surface area contributed by atoms with Gasteiger partial charge in [0.15, 0.2) is 0 Å². The molecule has 1 aliphatic carbocycles. The first kappa shape index (κ1) is 23.3. The summed E-state index contributed by atoms with van der Waals surface area (Å²) < 4.78 is 50.5. The lowest BCUT2D eigenvalue weighted by Crippen LogP contribution is -2.49. The second-order valence-electron chi connectivity index (χ2n) is 8.41. The van der Waals surface area contributed by atoms with Gasteiger partial charge in [0.2, 0.25) is 5.91 Å². The zero-order valence-corrected chi connectivity index (χ0v) is 17.8. The minimum atomic E-state index is -4.42. The third-order valence-corrected chi connectivity index (χ3v) is 6.39. The Bertz CT molecular complexity index is 969. The Labute approximate surface area is 188 Å². The average molecular weight is 466 g/mol. The van der Waals surface area contributed by atoms with Crippen molar-refractivity contribution in [3.05, 3.63) is 53.1 Å². The summed E-state index contributed by atoms with van der Waals surface area (Å²) in [4.78, 5) is 27.0. The number of ether oxygens (including phenoxy) is 2. The quantitative estimate of drug-likeness (QED) is 0.527. The van der Waals surface area contributed by atoms with Gasteiger partial charge in [-0.15, -0.1) is 0 Å². The molecule has 0 radical (unpaired) electrons. The van der Waals surface area contributed by atoms with Gasteiger partial charge < -0.3 is 14.4 Å². The highest BCUT2D eigenvalue weighted by Gasteiger charge is 2.39. The van der Waals surface area contributed by atoms with E-state index < -0.39 is 23.7 Å². The number of carbonyl (C=O) groups is 2. The van der Waals surface area contributed by atoms with Gasteiger partial charge in [-0.3, -0.25) is 14.8 Å². The molecule has 33 heavy (non-hydrogen) atoms. The van der Waals surface area contributed by atoms with Crippen molar-refractivity contribution in [2.75, 3.05) is 19.8 Å². The highest BCUT2D eigenvalue weighted by molar-refractivity contribution is 5.93. The number of alkyl halides is 3. The Morgan fingerprint density at radius 1 is 1.18 bits per heavy atom. The van der Waals surface area contributed by atoms with Gasteiger partial charge in [-0.2, -0.15) is 13.2 Å². The summed E-state index contributed by atoms with van der Waals surface area (Å²) in [6.07, 6.45) is 0.608. The second kappa shape index (κ2) is 9.56. The van der Waals surface area contributed by atoms with Gasteiger partial charge in [-0.05, 0) is 31.4 Å². The summed E-state index contributed by atoms with van der Waals surface area (Å²) in [5.41, 5.74) is 1.74. The molecule has 1 aromatic rings. The highest BCUT2D eigenvalue weighted by Crippen LogP contribution is 2.36. The summed E-state index contributed by atoms with van der Waals surface area (Å²) in [6.45, 7) is 1.25. The van der Waals surface area contributed by atoms with Crippen molar-refractivity contribution in [1.82, 2.24) is 10.4 Å². The molecule has 0 saturated carbocycles. The molecule has 178 valence electrons. The number of nitrogens with zero attached hydrogens (tertiary/aromatic N) is 1. The van der Waals surface area contributed by atoms with Gasteiger partial charge in [0, 0.05) is 42.7 Å². The lowest BCUT2D eigenvalue weighted by Gasteiger charge is -2.37. The molecule has 10 heteroatoms. The molecule has 0 spiro atoms. The van der Waals surface area contributed by atoms with Crippen molar-refractivity contribution >= 4 is 11.8 Å². The fourth-order valence-electron chi connectivity index (χ4n) is 4.50. The fourth-order valence-corrected chi connectivity index (χ4v) is 4.50. The topological polar surface area (TPSA) is 88.1 Å². The minimum Gasteiger partial charge on any atom is -0.491 e. The molecule has 7 nitrogen and oxygen atoms in total. The van der Waals surface area contributed by atoms with Crippen LogP contribution in [0, 0.1) is 11.8 Å². The fraction of sp³-hybridized carbons (Fsp3) is 0.478. The Morgan fingerprint density at radius 2 is 1.94 bits per heavy atom. The Balaban J connectivity index is 1.62. The van der Waals surface area contributed by atoms with E-state index in [1.54, 1.807) is 16.4 Å². The van der Waals surface area contributed by atoms with Crippen molar-refractivity contribution in [2.24, 2.45) is 11.8 Å². The van der Waals surface area contributed by atoms with Crippen LogP contribution in [0.1, 0.15) is 35.2 Å². The summed E-state index contributed by atoms with van der Waals surface area (Å²) in [7, 11) is 0. The predicted molar refractivity (Wildman–Crippen MR) is 110 cm³/mol. The number of carbonyl (C=O) groups excluding carboxylic acids is 2. The van der Waals surface area contributed by atoms with Crippen molar-refractivity contribution in [2.45, 2.75) is 38.0 Å². The SMILES string of the molecule is O=C(NO)c1ccc2c(c1)OC[C@H](C1C=CC(C(F)(F)F)=CC1)N(C(=O)C1CCOCC1)C2. The van der Waals surface area contributed by atoms with E-state index in [4.69, 9.17) is 14.7 Å². The normalized spacial score (nSPS) is 23.8. The maximum atomic E-state index is 13.5. The molecule has 0 aromatic heterocycles.